The fourth-order valence-corrected chi connectivity index (χ4v) is 2.25. The number of nitrogens with one attached hydrogen (secondary N) is 1. The molecule has 0 fully saturated rings. The molecular weight excluding hydrogens is 194 g/mol. The van der Waals surface area contributed by atoms with Crippen molar-refractivity contribution in [2.24, 2.45) is 4.40 Å². The number of fused-ring (bicyclic) bond motifs is 3. The van der Waals surface area contributed by atoms with Crippen molar-refractivity contribution in [1.82, 2.24) is 10.2 Å². The highest BCUT2D eigenvalue weighted by Crippen LogP contribution is 2.32. The van der Waals surface area contributed by atoms with Crippen LogP contribution in [0.15, 0.2) is 33.7 Å². The minimum Gasteiger partial charge on any atom is -0.278 e. The molecule has 0 saturated carbocycles. The molecule has 68 valence electrons. The molecule has 0 atom stereocenters. The van der Waals surface area contributed by atoms with Gasteiger partial charge in [-0.3, -0.25) is 5.10 Å². The first-order chi connectivity index (χ1) is 6.95. The number of benzene rings is 1. The minimum absolute atomic E-state index is 1.06. The first-order valence-electron chi connectivity index (χ1n) is 4.28. The standard InChI is InChI=1S/C10H7N3S/c1-2-7-3-4-9-8(6-11-13-9)10(7)14-12-5-1/h1-6H,(H,11,13). The Balaban J connectivity index is 2.38. The van der Waals surface area contributed by atoms with E-state index in [1.54, 1.807) is 6.21 Å². The molecule has 1 aliphatic rings. The molecular formula is C10H7N3S. The van der Waals surface area contributed by atoms with Crippen LogP contribution in [0.1, 0.15) is 5.56 Å². The van der Waals surface area contributed by atoms with Gasteiger partial charge in [0.2, 0.25) is 0 Å². The molecule has 1 aromatic carbocycles. The molecule has 0 bridgehead atoms. The quantitative estimate of drug-likeness (QED) is 0.666. The summed E-state index contributed by atoms with van der Waals surface area (Å²) in [5.74, 6) is 0. The number of hydrogen-bond donors (Lipinski definition) is 1. The second-order valence-corrected chi connectivity index (χ2v) is 3.82. The maximum absolute atomic E-state index is 4.21. The van der Waals surface area contributed by atoms with Crippen molar-refractivity contribution in [3.63, 3.8) is 0 Å². The predicted molar refractivity (Wildman–Crippen MR) is 59.5 cm³/mol. The van der Waals surface area contributed by atoms with Crippen LogP contribution in [0, 0.1) is 0 Å². The van der Waals surface area contributed by atoms with E-state index in [1.807, 2.05) is 18.3 Å². The molecule has 0 aliphatic carbocycles. The molecule has 3 nitrogen and oxygen atoms in total. The molecule has 0 saturated heterocycles. The molecule has 0 spiro atoms. The normalized spacial score (nSPS) is 14.3. The highest BCUT2D eigenvalue weighted by Gasteiger charge is 2.08. The zero-order chi connectivity index (χ0) is 9.38. The Bertz CT molecular complexity index is 539. The van der Waals surface area contributed by atoms with Gasteiger partial charge in [-0.05, 0) is 17.7 Å². The third-order valence-corrected chi connectivity index (χ3v) is 3.04. The van der Waals surface area contributed by atoms with Crippen LogP contribution in [0.25, 0.3) is 17.0 Å². The highest BCUT2D eigenvalue weighted by molar-refractivity contribution is 7.98. The SMILES string of the molecule is C1=Cc2ccc3[nH]ncc3c2SN=C1. The minimum atomic E-state index is 1.06. The van der Waals surface area contributed by atoms with Crippen LogP contribution < -0.4 is 0 Å². The summed E-state index contributed by atoms with van der Waals surface area (Å²) in [6.07, 6.45) is 7.66. The third kappa shape index (κ3) is 1.08. The molecule has 0 radical (unpaired) electrons. The number of hydrogen-bond acceptors (Lipinski definition) is 3. The van der Waals surface area contributed by atoms with E-state index in [0.29, 0.717) is 0 Å². The average molecular weight is 201 g/mol. The second-order valence-electron chi connectivity index (χ2n) is 3.02. The van der Waals surface area contributed by atoms with E-state index >= 15 is 0 Å². The van der Waals surface area contributed by atoms with Gasteiger partial charge in [-0.15, -0.1) is 0 Å². The lowest BCUT2D eigenvalue weighted by molar-refractivity contribution is 1.12. The van der Waals surface area contributed by atoms with Gasteiger partial charge in [0.15, 0.2) is 0 Å². The summed E-state index contributed by atoms with van der Waals surface area (Å²) in [6.45, 7) is 0. The van der Waals surface area contributed by atoms with E-state index in [4.69, 9.17) is 0 Å². The van der Waals surface area contributed by atoms with Crippen LogP contribution in [0.5, 0.6) is 0 Å². The maximum atomic E-state index is 4.21. The molecule has 2 heterocycles. The van der Waals surface area contributed by atoms with Crippen LogP contribution in [0.4, 0.5) is 0 Å². The summed E-state index contributed by atoms with van der Waals surface area (Å²) in [5.41, 5.74) is 2.25. The van der Waals surface area contributed by atoms with Crippen LogP contribution in [0.3, 0.4) is 0 Å². The number of rotatable bonds is 0. The average Bonchev–Trinajstić information content (AvgIpc) is 2.55. The van der Waals surface area contributed by atoms with Crippen LogP contribution in [0.2, 0.25) is 0 Å². The van der Waals surface area contributed by atoms with Gasteiger partial charge >= 0.3 is 0 Å². The highest BCUT2D eigenvalue weighted by atomic mass is 32.2. The van der Waals surface area contributed by atoms with Crippen molar-refractivity contribution >= 4 is 35.1 Å². The molecule has 1 aromatic heterocycles. The van der Waals surface area contributed by atoms with Crippen molar-refractivity contribution in [3.05, 3.63) is 30.0 Å². The first kappa shape index (κ1) is 7.82. The largest absolute Gasteiger partial charge is 0.278 e. The van der Waals surface area contributed by atoms with Gasteiger partial charge in [0, 0.05) is 28.4 Å². The monoisotopic (exact) mass is 201 g/mol. The summed E-state index contributed by atoms with van der Waals surface area (Å²) in [6, 6.07) is 4.12. The summed E-state index contributed by atoms with van der Waals surface area (Å²) < 4.78 is 4.21. The van der Waals surface area contributed by atoms with Crippen LogP contribution in [-0.2, 0) is 0 Å². The van der Waals surface area contributed by atoms with Gasteiger partial charge in [-0.25, -0.2) is 4.40 Å². The van der Waals surface area contributed by atoms with Gasteiger partial charge in [-0.2, -0.15) is 5.10 Å². The van der Waals surface area contributed by atoms with Crippen molar-refractivity contribution in [1.29, 1.82) is 0 Å². The topological polar surface area (TPSA) is 41.0 Å². The fraction of sp³-hybridized carbons (Fsp3) is 0. The Morgan fingerprint density at radius 3 is 3.29 bits per heavy atom. The zero-order valence-corrected chi connectivity index (χ0v) is 8.08. The summed E-state index contributed by atoms with van der Waals surface area (Å²) in [4.78, 5) is 1.17. The Labute approximate surface area is 85.1 Å². The summed E-state index contributed by atoms with van der Waals surface area (Å²) in [5, 5.41) is 8.11. The van der Waals surface area contributed by atoms with Gasteiger partial charge < -0.3 is 0 Å². The van der Waals surface area contributed by atoms with E-state index in [0.717, 1.165) is 10.9 Å². The molecule has 3 rings (SSSR count). The predicted octanol–water partition coefficient (Wildman–Crippen LogP) is 2.67. The lowest BCUT2D eigenvalue weighted by Gasteiger charge is -2.01. The Hall–Kier alpha value is -1.55. The molecule has 0 unspecified atom stereocenters. The third-order valence-electron chi connectivity index (χ3n) is 2.17. The van der Waals surface area contributed by atoms with E-state index in [1.165, 1.54) is 22.4 Å². The second kappa shape index (κ2) is 2.99. The number of nitrogens with zero attached hydrogens (tertiary/aromatic N) is 2. The zero-order valence-electron chi connectivity index (χ0n) is 7.27. The summed E-state index contributed by atoms with van der Waals surface area (Å²) in [7, 11) is 0. The van der Waals surface area contributed by atoms with Gasteiger partial charge in [0.25, 0.3) is 0 Å². The van der Waals surface area contributed by atoms with E-state index < -0.39 is 0 Å². The lowest BCUT2D eigenvalue weighted by atomic mass is 10.1. The molecule has 4 heteroatoms. The Morgan fingerprint density at radius 2 is 2.29 bits per heavy atom. The molecule has 0 amide bonds. The Kier molecular flexibility index (Phi) is 1.67. The van der Waals surface area contributed by atoms with Crippen molar-refractivity contribution in [2.75, 3.05) is 0 Å². The maximum Gasteiger partial charge on any atom is 0.0662 e. The fourth-order valence-electron chi connectivity index (χ4n) is 1.51. The molecule has 2 aromatic rings. The number of allylic oxidation sites excluding steroid dienone is 1. The molecule has 1 N–H and O–H groups in total. The van der Waals surface area contributed by atoms with Gasteiger partial charge in [0.05, 0.1) is 11.7 Å². The van der Waals surface area contributed by atoms with Crippen molar-refractivity contribution in [2.45, 2.75) is 4.90 Å². The van der Waals surface area contributed by atoms with Crippen molar-refractivity contribution < 1.29 is 0 Å². The van der Waals surface area contributed by atoms with E-state index in [9.17, 15) is 0 Å². The van der Waals surface area contributed by atoms with Crippen LogP contribution in [-0.4, -0.2) is 16.4 Å². The molecule has 1 aliphatic heterocycles. The Morgan fingerprint density at radius 1 is 1.29 bits per heavy atom. The van der Waals surface area contributed by atoms with Crippen LogP contribution >= 0.6 is 11.9 Å². The smallest absolute Gasteiger partial charge is 0.0662 e. The molecule has 14 heavy (non-hydrogen) atoms. The van der Waals surface area contributed by atoms with Gasteiger partial charge in [-0.1, -0.05) is 12.1 Å². The lowest BCUT2D eigenvalue weighted by Crippen LogP contribution is -1.78. The van der Waals surface area contributed by atoms with Gasteiger partial charge in [0.1, 0.15) is 0 Å². The number of aromatic amines is 1. The number of H-pyrrole nitrogens is 1. The summed E-state index contributed by atoms with van der Waals surface area (Å²) >= 11 is 1.49. The number of aromatic nitrogens is 2. The van der Waals surface area contributed by atoms with Crippen molar-refractivity contribution in [3.8, 4) is 0 Å². The van der Waals surface area contributed by atoms with E-state index in [2.05, 4.69) is 26.7 Å². The van der Waals surface area contributed by atoms with E-state index in [-0.39, 0.29) is 0 Å². The first-order valence-corrected chi connectivity index (χ1v) is 5.05.